The molecule has 2 N–H and O–H groups in total. The highest BCUT2D eigenvalue weighted by Crippen LogP contribution is 2.21. The number of para-hydroxylation sites is 1. The minimum Gasteiger partial charge on any atom is -0.322 e. The molecule has 0 unspecified atom stereocenters. The molecule has 0 spiro atoms. The summed E-state index contributed by atoms with van der Waals surface area (Å²) in [6.07, 6.45) is 2.80. The second-order valence-corrected chi connectivity index (χ2v) is 8.31. The van der Waals surface area contributed by atoms with Crippen LogP contribution >= 0.6 is 0 Å². The first kappa shape index (κ1) is 18.7. The van der Waals surface area contributed by atoms with Crippen molar-refractivity contribution in [2.24, 2.45) is 0 Å². The molecule has 4 rings (SSSR count). The number of nitrogens with zero attached hydrogens (tertiary/aromatic N) is 2. The van der Waals surface area contributed by atoms with E-state index in [0.29, 0.717) is 22.5 Å². The van der Waals surface area contributed by atoms with Crippen molar-refractivity contribution in [1.82, 2.24) is 9.55 Å². The van der Waals surface area contributed by atoms with Crippen LogP contribution in [0.2, 0.25) is 0 Å². The van der Waals surface area contributed by atoms with E-state index in [4.69, 9.17) is 0 Å². The minimum absolute atomic E-state index is 0.308. The Bertz CT molecular complexity index is 1300. The molecular weight excluding hydrogens is 388 g/mol. The maximum atomic E-state index is 12.6. The Balaban J connectivity index is 1.57. The lowest BCUT2D eigenvalue weighted by Crippen LogP contribution is -2.13. The van der Waals surface area contributed by atoms with E-state index in [0.717, 1.165) is 17.5 Å². The molecule has 0 aliphatic carbocycles. The van der Waals surface area contributed by atoms with E-state index in [2.05, 4.69) is 15.0 Å². The highest BCUT2D eigenvalue weighted by Gasteiger charge is 2.11. The third kappa shape index (κ3) is 4.27. The van der Waals surface area contributed by atoms with Crippen molar-refractivity contribution >= 4 is 38.3 Å². The normalized spacial score (nSPS) is 11.3. The van der Waals surface area contributed by atoms with Crippen LogP contribution in [0.5, 0.6) is 0 Å². The van der Waals surface area contributed by atoms with Crippen LogP contribution in [-0.4, -0.2) is 30.1 Å². The summed E-state index contributed by atoms with van der Waals surface area (Å²) in [7, 11) is -3.39. The number of imidazole rings is 1. The topological polar surface area (TPSA) is 93.1 Å². The molecule has 1 aromatic heterocycles. The Morgan fingerprint density at radius 3 is 2.45 bits per heavy atom. The zero-order valence-electron chi connectivity index (χ0n) is 15.5. The van der Waals surface area contributed by atoms with Gasteiger partial charge in [-0.15, -0.1) is 0 Å². The SMILES string of the molecule is CS(=O)(=O)Nc1cccc(NC(=O)c2ccc3c(c2)ncn3-c2ccccc2)c1. The van der Waals surface area contributed by atoms with Crippen LogP contribution in [0.15, 0.2) is 79.1 Å². The number of benzene rings is 3. The lowest BCUT2D eigenvalue weighted by molar-refractivity contribution is 0.102. The van der Waals surface area contributed by atoms with Gasteiger partial charge in [0.15, 0.2) is 0 Å². The largest absolute Gasteiger partial charge is 0.322 e. The Hall–Kier alpha value is -3.65. The Morgan fingerprint density at radius 1 is 0.931 bits per heavy atom. The number of amides is 1. The number of nitrogens with one attached hydrogen (secondary N) is 2. The predicted molar refractivity (Wildman–Crippen MR) is 114 cm³/mol. The van der Waals surface area contributed by atoms with Crippen LogP contribution < -0.4 is 10.0 Å². The quantitative estimate of drug-likeness (QED) is 0.529. The summed E-state index contributed by atoms with van der Waals surface area (Å²) in [5, 5.41) is 2.78. The van der Waals surface area contributed by atoms with Crippen molar-refractivity contribution in [1.29, 1.82) is 0 Å². The summed E-state index contributed by atoms with van der Waals surface area (Å²) in [5.74, 6) is -0.308. The van der Waals surface area contributed by atoms with Gasteiger partial charge < -0.3 is 5.32 Å². The number of hydrogen-bond donors (Lipinski definition) is 2. The number of carbonyl (C=O) groups is 1. The Kier molecular flexibility index (Phi) is 4.77. The Labute approximate surface area is 168 Å². The van der Waals surface area contributed by atoms with Crippen molar-refractivity contribution in [2.45, 2.75) is 0 Å². The second kappa shape index (κ2) is 7.40. The standard InChI is InChI=1S/C21H18N4O3S/c1-29(27,28)24-17-7-5-6-16(13-17)23-21(26)15-10-11-20-19(12-15)22-14-25(20)18-8-3-2-4-9-18/h2-14,24H,1H3,(H,23,26). The molecule has 0 radical (unpaired) electrons. The van der Waals surface area contributed by atoms with Gasteiger partial charge >= 0.3 is 0 Å². The van der Waals surface area contributed by atoms with Crippen molar-refractivity contribution in [3.8, 4) is 5.69 Å². The maximum absolute atomic E-state index is 12.6. The second-order valence-electron chi connectivity index (χ2n) is 6.56. The van der Waals surface area contributed by atoms with Crippen molar-refractivity contribution in [2.75, 3.05) is 16.3 Å². The smallest absolute Gasteiger partial charge is 0.255 e. The molecule has 0 fully saturated rings. The maximum Gasteiger partial charge on any atom is 0.255 e. The first-order chi connectivity index (χ1) is 13.9. The minimum atomic E-state index is -3.39. The van der Waals surface area contributed by atoms with Crippen molar-refractivity contribution in [3.05, 3.63) is 84.7 Å². The van der Waals surface area contributed by atoms with Crippen LogP contribution in [0.3, 0.4) is 0 Å². The summed E-state index contributed by atoms with van der Waals surface area (Å²) < 4.78 is 27.1. The monoisotopic (exact) mass is 406 g/mol. The number of hydrogen-bond acceptors (Lipinski definition) is 4. The van der Waals surface area contributed by atoms with E-state index in [9.17, 15) is 13.2 Å². The molecule has 0 aliphatic rings. The lowest BCUT2D eigenvalue weighted by atomic mass is 10.1. The third-order valence-electron chi connectivity index (χ3n) is 4.27. The molecule has 0 saturated carbocycles. The highest BCUT2D eigenvalue weighted by molar-refractivity contribution is 7.92. The van der Waals surface area contributed by atoms with Gasteiger partial charge in [0.1, 0.15) is 6.33 Å². The molecule has 29 heavy (non-hydrogen) atoms. The first-order valence-electron chi connectivity index (χ1n) is 8.81. The van der Waals surface area contributed by atoms with Gasteiger partial charge in [-0.2, -0.15) is 0 Å². The summed E-state index contributed by atoms with van der Waals surface area (Å²) >= 11 is 0. The van der Waals surface area contributed by atoms with Crippen molar-refractivity contribution in [3.63, 3.8) is 0 Å². The fourth-order valence-electron chi connectivity index (χ4n) is 3.03. The van der Waals surface area contributed by atoms with E-state index in [1.54, 1.807) is 42.7 Å². The average molecular weight is 406 g/mol. The fraction of sp³-hybridized carbons (Fsp3) is 0.0476. The fourth-order valence-corrected chi connectivity index (χ4v) is 3.58. The summed E-state index contributed by atoms with van der Waals surface area (Å²) in [6, 6.07) is 21.7. The van der Waals surface area contributed by atoms with Crippen LogP contribution in [0.4, 0.5) is 11.4 Å². The van der Waals surface area contributed by atoms with Gasteiger partial charge in [-0.05, 0) is 48.5 Å². The van der Waals surface area contributed by atoms with Gasteiger partial charge in [0.25, 0.3) is 5.91 Å². The highest BCUT2D eigenvalue weighted by atomic mass is 32.2. The van der Waals surface area contributed by atoms with Crippen LogP contribution in [0.1, 0.15) is 10.4 Å². The Morgan fingerprint density at radius 2 is 1.69 bits per heavy atom. The molecular formula is C21H18N4O3S. The average Bonchev–Trinajstić information content (AvgIpc) is 3.11. The first-order valence-corrected chi connectivity index (χ1v) is 10.7. The van der Waals surface area contributed by atoms with Crippen LogP contribution in [-0.2, 0) is 10.0 Å². The van der Waals surface area contributed by atoms with E-state index in [-0.39, 0.29) is 5.91 Å². The number of aromatic nitrogens is 2. The summed E-state index contributed by atoms with van der Waals surface area (Å²) in [6.45, 7) is 0. The number of anilines is 2. The number of carbonyl (C=O) groups excluding carboxylic acids is 1. The molecule has 0 bridgehead atoms. The molecule has 4 aromatic rings. The van der Waals surface area contributed by atoms with Crippen LogP contribution in [0.25, 0.3) is 16.7 Å². The van der Waals surface area contributed by atoms with E-state index in [1.807, 2.05) is 41.0 Å². The van der Waals surface area contributed by atoms with Gasteiger partial charge in [-0.3, -0.25) is 14.1 Å². The molecule has 8 heteroatoms. The molecule has 1 amide bonds. The van der Waals surface area contributed by atoms with Crippen molar-refractivity contribution < 1.29 is 13.2 Å². The molecule has 3 aromatic carbocycles. The van der Waals surface area contributed by atoms with E-state index in [1.165, 1.54) is 0 Å². The van der Waals surface area contributed by atoms with Gasteiger partial charge in [0.05, 0.1) is 23.0 Å². The molecule has 7 nitrogen and oxygen atoms in total. The number of fused-ring (bicyclic) bond motifs is 1. The number of rotatable bonds is 5. The zero-order valence-corrected chi connectivity index (χ0v) is 16.3. The van der Waals surface area contributed by atoms with E-state index >= 15 is 0 Å². The zero-order chi connectivity index (χ0) is 20.4. The number of sulfonamides is 1. The van der Waals surface area contributed by atoms with Gasteiger partial charge in [0, 0.05) is 16.9 Å². The van der Waals surface area contributed by atoms with E-state index < -0.39 is 10.0 Å². The molecule has 0 atom stereocenters. The summed E-state index contributed by atoms with van der Waals surface area (Å²) in [4.78, 5) is 17.1. The molecule has 1 heterocycles. The lowest BCUT2D eigenvalue weighted by Gasteiger charge is -2.09. The predicted octanol–water partition coefficient (Wildman–Crippen LogP) is 3.65. The molecule has 146 valence electrons. The molecule has 0 saturated heterocycles. The summed E-state index contributed by atoms with van der Waals surface area (Å²) in [5.41, 5.74) is 3.90. The van der Waals surface area contributed by atoms with Crippen LogP contribution in [0, 0.1) is 0 Å². The van der Waals surface area contributed by atoms with Gasteiger partial charge in [-0.25, -0.2) is 13.4 Å². The third-order valence-corrected chi connectivity index (χ3v) is 4.87. The molecule has 0 aliphatic heterocycles. The van der Waals surface area contributed by atoms with Gasteiger partial charge in [0.2, 0.25) is 10.0 Å². The van der Waals surface area contributed by atoms with Gasteiger partial charge in [-0.1, -0.05) is 24.3 Å².